The van der Waals surface area contributed by atoms with Crippen molar-refractivity contribution < 1.29 is 4.48 Å². The Morgan fingerprint density at radius 2 is 0.760 bits per heavy atom. The minimum absolute atomic E-state index is 0.471. The summed E-state index contributed by atoms with van der Waals surface area (Å²) in [5.74, 6) is 0. The number of nitrogens with zero attached hydrogens (tertiary/aromatic N) is 1. The quantitative estimate of drug-likeness (QED) is 0.333. The third-order valence-corrected chi connectivity index (χ3v) is 5.38. The highest BCUT2D eigenvalue weighted by Gasteiger charge is 2.28. The van der Waals surface area contributed by atoms with Crippen LogP contribution in [0.2, 0.25) is 0 Å². The molecule has 0 N–H and O–H groups in total. The van der Waals surface area contributed by atoms with Crippen molar-refractivity contribution in [1.82, 2.24) is 0 Å². The number of hydrogen-bond donors (Lipinski definition) is 0. The predicted octanol–water partition coefficient (Wildman–Crippen LogP) is 7.69. The van der Waals surface area contributed by atoms with Gasteiger partial charge in [-0.25, -0.2) is 0 Å². The summed E-state index contributed by atoms with van der Waals surface area (Å²) in [7, 11) is 0. The van der Waals surface area contributed by atoms with Crippen molar-refractivity contribution in [2.45, 2.75) is 114 Å². The molecule has 0 aliphatic rings. The summed E-state index contributed by atoms with van der Waals surface area (Å²) < 4.78 is 1.37. The van der Waals surface area contributed by atoms with E-state index in [2.05, 4.69) is 69.2 Å². The molecule has 0 aromatic carbocycles. The first-order chi connectivity index (χ1) is 11.2. The van der Waals surface area contributed by atoms with Crippen molar-refractivity contribution >= 4 is 0 Å². The van der Waals surface area contributed by atoms with Crippen LogP contribution in [0.3, 0.4) is 0 Å². The summed E-state index contributed by atoms with van der Waals surface area (Å²) >= 11 is 0. The zero-order chi connectivity index (χ0) is 19.8. The van der Waals surface area contributed by atoms with Gasteiger partial charge < -0.3 is 4.48 Å². The smallest absolute Gasteiger partial charge is 0.0786 e. The van der Waals surface area contributed by atoms with E-state index in [1.807, 2.05) is 0 Å². The van der Waals surface area contributed by atoms with Crippen LogP contribution in [-0.4, -0.2) is 30.7 Å². The SMILES string of the molecule is CCC[N+](CCCC(C)(C)C)(CCCC(C)(C)C)CCCC(C)(C)C. The zero-order valence-electron chi connectivity index (χ0n) is 19.7. The first-order valence-corrected chi connectivity index (χ1v) is 11.0. The van der Waals surface area contributed by atoms with Gasteiger partial charge in [0.05, 0.1) is 26.2 Å². The zero-order valence-corrected chi connectivity index (χ0v) is 19.7. The molecule has 0 radical (unpaired) electrons. The summed E-state index contributed by atoms with van der Waals surface area (Å²) in [5, 5.41) is 0. The van der Waals surface area contributed by atoms with Gasteiger partial charge >= 0.3 is 0 Å². The molecule has 0 spiro atoms. The fraction of sp³-hybridized carbons (Fsp3) is 1.00. The second-order valence-electron chi connectivity index (χ2n) is 12.2. The standard InChI is InChI=1S/C24H52N/c1-11-18-25(19-12-15-22(2,3)4,20-13-16-23(5,6)7)21-14-17-24(8,9)10/h11-21H2,1-10H3/q+1. The molecule has 0 unspecified atom stereocenters. The first kappa shape index (κ1) is 25.0. The van der Waals surface area contributed by atoms with Gasteiger partial charge in [0, 0.05) is 0 Å². The van der Waals surface area contributed by atoms with E-state index < -0.39 is 0 Å². The van der Waals surface area contributed by atoms with Crippen LogP contribution in [0.15, 0.2) is 0 Å². The molecule has 0 aliphatic heterocycles. The number of rotatable bonds is 11. The van der Waals surface area contributed by atoms with Crippen LogP contribution in [0.25, 0.3) is 0 Å². The Kier molecular flexibility index (Phi) is 10.3. The van der Waals surface area contributed by atoms with Crippen molar-refractivity contribution in [2.24, 2.45) is 16.2 Å². The van der Waals surface area contributed by atoms with Crippen LogP contribution < -0.4 is 0 Å². The molecule has 0 amide bonds. The Morgan fingerprint density at radius 1 is 0.480 bits per heavy atom. The van der Waals surface area contributed by atoms with E-state index >= 15 is 0 Å². The minimum atomic E-state index is 0.471. The highest BCUT2D eigenvalue weighted by molar-refractivity contribution is 4.65. The van der Waals surface area contributed by atoms with Crippen molar-refractivity contribution in [2.75, 3.05) is 26.2 Å². The van der Waals surface area contributed by atoms with Crippen molar-refractivity contribution in [3.05, 3.63) is 0 Å². The van der Waals surface area contributed by atoms with Crippen LogP contribution in [-0.2, 0) is 0 Å². The van der Waals surface area contributed by atoms with Gasteiger partial charge in [-0.15, -0.1) is 0 Å². The third-order valence-electron chi connectivity index (χ3n) is 5.38. The molecule has 1 heteroatoms. The summed E-state index contributed by atoms with van der Waals surface area (Å²) in [6, 6.07) is 0. The number of quaternary nitrogens is 1. The molecule has 152 valence electrons. The normalized spacial score (nSPS) is 14.2. The predicted molar refractivity (Wildman–Crippen MR) is 116 cm³/mol. The summed E-state index contributed by atoms with van der Waals surface area (Å²) in [6.45, 7) is 29.4. The second kappa shape index (κ2) is 10.3. The van der Waals surface area contributed by atoms with Gasteiger partial charge in [0.25, 0.3) is 0 Å². The van der Waals surface area contributed by atoms with Crippen LogP contribution in [0, 0.1) is 16.2 Å². The van der Waals surface area contributed by atoms with E-state index in [1.54, 1.807) is 0 Å². The molecule has 0 aliphatic carbocycles. The Labute approximate surface area is 161 Å². The number of hydrogen-bond acceptors (Lipinski definition) is 0. The Bertz CT molecular complexity index is 284. The van der Waals surface area contributed by atoms with Gasteiger partial charge in [-0.3, -0.25) is 0 Å². The van der Waals surface area contributed by atoms with Crippen molar-refractivity contribution in [1.29, 1.82) is 0 Å². The molecule has 0 rings (SSSR count). The van der Waals surface area contributed by atoms with E-state index in [1.165, 1.54) is 75.6 Å². The van der Waals surface area contributed by atoms with Gasteiger partial charge in [-0.05, 0) is 61.2 Å². The van der Waals surface area contributed by atoms with Crippen LogP contribution >= 0.6 is 0 Å². The fourth-order valence-electron chi connectivity index (χ4n) is 3.98. The second-order valence-corrected chi connectivity index (χ2v) is 12.2. The molecule has 0 bridgehead atoms. The molecule has 0 saturated carbocycles. The summed E-state index contributed by atoms with van der Waals surface area (Å²) in [5.41, 5.74) is 1.41. The monoisotopic (exact) mass is 354 g/mol. The lowest BCUT2D eigenvalue weighted by atomic mass is 9.88. The molecule has 0 aromatic rings. The molecule has 0 atom stereocenters. The van der Waals surface area contributed by atoms with Gasteiger partial charge in [0.15, 0.2) is 0 Å². The maximum absolute atomic E-state index is 2.39. The van der Waals surface area contributed by atoms with E-state index in [4.69, 9.17) is 0 Å². The van der Waals surface area contributed by atoms with Crippen LogP contribution in [0.4, 0.5) is 0 Å². The van der Waals surface area contributed by atoms with E-state index in [0.717, 1.165) is 0 Å². The molecule has 0 aromatic heterocycles. The molecular weight excluding hydrogens is 302 g/mol. The van der Waals surface area contributed by atoms with Gasteiger partial charge in [0.1, 0.15) is 0 Å². The van der Waals surface area contributed by atoms with Gasteiger partial charge in [-0.1, -0.05) is 69.2 Å². The maximum atomic E-state index is 2.39. The van der Waals surface area contributed by atoms with E-state index in [-0.39, 0.29) is 0 Å². The van der Waals surface area contributed by atoms with Crippen molar-refractivity contribution in [3.8, 4) is 0 Å². The molecule has 0 saturated heterocycles. The largest absolute Gasteiger partial charge is 0.324 e. The lowest BCUT2D eigenvalue weighted by molar-refractivity contribution is -0.929. The first-order valence-electron chi connectivity index (χ1n) is 11.0. The molecule has 1 nitrogen and oxygen atoms in total. The fourth-order valence-corrected chi connectivity index (χ4v) is 3.98. The molecule has 25 heavy (non-hydrogen) atoms. The molecular formula is C24H52N+. The Balaban J connectivity index is 4.90. The lowest BCUT2D eigenvalue weighted by Gasteiger charge is -2.41. The van der Waals surface area contributed by atoms with Gasteiger partial charge in [-0.2, -0.15) is 0 Å². The van der Waals surface area contributed by atoms with Gasteiger partial charge in [0.2, 0.25) is 0 Å². The minimum Gasteiger partial charge on any atom is -0.324 e. The lowest BCUT2D eigenvalue weighted by Crippen LogP contribution is -2.51. The van der Waals surface area contributed by atoms with E-state index in [0.29, 0.717) is 16.2 Å². The third kappa shape index (κ3) is 14.8. The summed E-state index contributed by atoms with van der Waals surface area (Å²) in [4.78, 5) is 0. The highest BCUT2D eigenvalue weighted by Crippen LogP contribution is 2.27. The van der Waals surface area contributed by atoms with Crippen molar-refractivity contribution in [3.63, 3.8) is 0 Å². The molecule has 0 fully saturated rings. The molecule has 0 heterocycles. The van der Waals surface area contributed by atoms with Crippen LogP contribution in [0.1, 0.15) is 114 Å². The maximum Gasteiger partial charge on any atom is 0.0786 e. The highest BCUT2D eigenvalue weighted by atomic mass is 15.3. The summed E-state index contributed by atoms with van der Waals surface area (Å²) in [6.07, 6.45) is 9.54. The Hall–Kier alpha value is -0.0400. The Morgan fingerprint density at radius 3 is 0.960 bits per heavy atom. The topological polar surface area (TPSA) is 0 Å². The van der Waals surface area contributed by atoms with E-state index in [9.17, 15) is 0 Å². The average Bonchev–Trinajstić information content (AvgIpc) is 2.34. The van der Waals surface area contributed by atoms with Crippen LogP contribution in [0.5, 0.6) is 0 Å². The average molecular weight is 355 g/mol.